The number of allylic oxidation sites excluding steroid dienone is 1. The molecule has 3 aromatic rings. The Kier molecular flexibility index (Phi) is 15.7. The minimum absolute atomic E-state index is 0. The van der Waals surface area contributed by atoms with Gasteiger partial charge in [0.1, 0.15) is 22.4 Å². The van der Waals surface area contributed by atoms with Crippen LogP contribution in [0.3, 0.4) is 0 Å². The summed E-state index contributed by atoms with van der Waals surface area (Å²) < 4.78 is 73.0. The van der Waals surface area contributed by atoms with Crippen LogP contribution in [0.15, 0.2) is 52.2 Å². The summed E-state index contributed by atoms with van der Waals surface area (Å²) in [7, 11) is -7.58. The monoisotopic (exact) mass is 767 g/mol. The molecule has 0 atom stereocenters. The van der Waals surface area contributed by atoms with Crippen LogP contribution in [0.2, 0.25) is 0 Å². The van der Waals surface area contributed by atoms with E-state index in [1.54, 1.807) is 17.7 Å². The van der Waals surface area contributed by atoms with Gasteiger partial charge in [0.2, 0.25) is 5.69 Å². The van der Waals surface area contributed by atoms with Crippen molar-refractivity contribution < 1.29 is 87.0 Å². The predicted octanol–water partition coefficient (Wildman–Crippen LogP) is 3.14. The van der Waals surface area contributed by atoms with E-state index in [-0.39, 0.29) is 75.7 Å². The first kappa shape index (κ1) is 43.5. The minimum atomic E-state index is -4.76. The molecule has 1 aromatic heterocycles. The third kappa shape index (κ3) is 10.6. The second-order valence-electron chi connectivity index (χ2n) is 13.7. The average molecular weight is 768 g/mol. The molecule has 274 valence electrons. The number of aromatic nitrogens is 1. The summed E-state index contributed by atoms with van der Waals surface area (Å²) >= 11 is 0. The Morgan fingerprint density at radius 3 is 2.08 bits per heavy atom. The summed E-state index contributed by atoms with van der Waals surface area (Å²) in [6.45, 7) is 9.93. The van der Waals surface area contributed by atoms with Crippen molar-refractivity contribution in [3.8, 4) is 5.75 Å². The van der Waals surface area contributed by atoms with Crippen molar-refractivity contribution in [3.05, 3.63) is 64.0 Å². The van der Waals surface area contributed by atoms with Crippen molar-refractivity contribution in [2.45, 2.75) is 95.8 Å². The van der Waals surface area contributed by atoms with Gasteiger partial charge in [0.25, 0.3) is 5.56 Å². The number of rotatable bonds is 18. The van der Waals surface area contributed by atoms with Crippen molar-refractivity contribution in [2.24, 2.45) is 7.05 Å². The maximum Gasteiger partial charge on any atom is 1.00 e. The molecule has 0 saturated heterocycles. The molecule has 0 radical (unpaired) electrons. The summed E-state index contributed by atoms with van der Waals surface area (Å²) in [5.41, 5.74) is 1.95. The van der Waals surface area contributed by atoms with Gasteiger partial charge < -0.3 is 23.7 Å². The number of hydrogen-bond donors (Lipinski definition) is 1. The zero-order valence-electron chi connectivity index (χ0n) is 30.8. The SMILES string of the molecule is CCCCCCN(CCCCCC)c1ccc2c(O)c(/C=C/C3=[N+](CCCS(=O)(=O)[O-])c4ccc(S(=O)(=O)[O-])cc4C3(C)C)c(=O)n(C)c2c1.[K+]. The summed E-state index contributed by atoms with van der Waals surface area (Å²) in [6.07, 6.45) is 12.3. The molecule has 51 heavy (non-hydrogen) atoms. The number of hydrogen-bond acceptors (Lipinski definition) is 9. The average Bonchev–Trinajstić information content (AvgIpc) is 3.26. The number of anilines is 1. The van der Waals surface area contributed by atoms with Gasteiger partial charge in [-0.05, 0) is 63.1 Å². The van der Waals surface area contributed by atoms with E-state index < -0.39 is 41.9 Å². The quantitative estimate of drug-likeness (QED) is 0.0887. The van der Waals surface area contributed by atoms with E-state index in [1.807, 2.05) is 32.0 Å². The molecule has 14 heteroatoms. The molecular formula is C37H50KN3O8S2. The summed E-state index contributed by atoms with van der Waals surface area (Å²) in [5.74, 6) is -0.785. The number of pyridine rings is 1. The van der Waals surface area contributed by atoms with Gasteiger partial charge in [0, 0.05) is 61.1 Å². The molecule has 2 heterocycles. The van der Waals surface area contributed by atoms with Gasteiger partial charge in [-0.3, -0.25) is 4.79 Å². The molecule has 2 aromatic carbocycles. The Balaban J connectivity index is 0.00000702. The number of nitrogens with zero attached hydrogens (tertiary/aromatic N) is 3. The molecule has 1 aliphatic heterocycles. The molecule has 0 bridgehead atoms. The molecule has 0 fully saturated rings. The number of unbranched alkanes of at least 4 members (excludes halogenated alkanes) is 6. The van der Waals surface area contributed by atoms with Crippen LogP contribution < -0.4 is 61.8 Å². The second kappa shape index (κ2) is 18.4. The van der Waals surface area contributed by atoms with Crippen molar-refractivity contribution >= 4 is 54.3 Å². The molecule has 0 unspecified atom stereocenters. The van der Waals surface area contributed by atoms with Gasteiger partial charge >= 0.3 is 51.4 Å². The van der Waals surface area contributed by atoms with Crippen LogP contribution in [0.5, 0.6) is 5.75 Å². The van der Waals surface area contributed by atoms with E-state index in [2.05, 4.69) is 18.7 Å². The van der Waals surface area contributed by atoms with Crippen LogP contribution in [0.4, 0.5) is 11.4 Å². The first-order chi connectivity index (χ1) is 23.5. The Labute approximate surface area is 345 Å². The number of aromatic hydroxyl groups is 1. The summed E-state index contributed by atoms with van der Waals surface area (Å²) in [5, 5.41) is 12.0. The second-order valence-corrected chi connectivity index (χ2v) is 16.6. The Bertz CT molecular complexity index is 2040. The maximum absolute atomic E-state index is 13.8. The van der Waals surface area contributed by atoms with Crippen LogP contribution in [0.25, 0.3) is 17.0 Å². The fraction of sp³-hybridized carbons (Fsp3) is 0.514. The topological polar surface area (TPSA) is 163 Å². The van der Waals surface area contributed by atoms with Crippen molar-refractivity contribution in [1.82, 2.24) is 4.57 Å². The number of aryl methyl sites for hydroxylation is 1. The van der Waals surface area contributed by atoms with E-state index in [4.69, 9.17) is 0 Å². The minimum Gasteiger partial charge on any atom is -0.748 e. The zero-order chi connectivity index (χ0) is 36.9. The third-order valence-electron chi connectivity index (χ3n) is 9.65. The van der Waals surface area contributed by atoms with Crippen molar-refractivity contribution in [3.63, 3.8) is 0 Å². The summed E-state index contributed by atoms with van der Waals surface area (Å²) in [4.78, 5) is 15.8. The molecule has 11 nitrogen and oxygen atoms in total. The van der Waals surface area contributed by atoms with E-state index in [9.17, 15) is 35.8 Å². The predicted molar refractivity (Wildman–Crippen MR) is 197 cm³/mol. The molecule has 1 N–H and O–H groups in total. The standard InChI is InChI=1S/C37H51N3O8S2.K/c1-6-8-10-12-21-39(22-13-11-9-7-2)27-15-17-29-33(25-27)38(5)36(42)30(35(29)41)18-20-34-37(3,4)31-26-28(50(46,47)48)16-19-32(31)40(34)23-14-24-49(43,44)45;/h15-20,25-26H,6-14,21-24H2,1-5H3,(H2,43,44,45,46,47,48);/q;+1/p-1. The van der Waals surface area contributed by atoms with Crippen LogP contribution >= 0.6 is 0 Å². The molecule has 0 spiro atoms. The third-order valence-corrected chi connectivity index (χ3v) is 11.3. The Morgan fingerprint density at radius 2 is 1.51 bits per heavy atom. The van der Waals surface area contributed by atoms with Crippen molar-refractivity contribution in [1.29, 1.82) is 0 Å². The first-order valence-electron chi connectivity index (χ1n) is 17.5. The smallest absolute Gasteiger partial charge is 0.748 e. The number of fused-ring (bicyclic) bond motifs is 2. The van der Waals surface area contributed by atoms with Gasteiger partial charge in [-0.25, -0.2) is 16.8 Å². The van der Waals surface area contributed by atoms with Crippen LogP contribution in [0, 0.1) is 0 Å². The van der Waals surface area contributed by atoms with Gasteiger partial charge in [0.15, 0.2) is 5.71 Å². The largest absolute Gasteiger partial charge is 1.00 e. The van der Waals surface area contributed by atoms with Crippen molar-refractivity contribution in [2.75, 3.05) is 30.3 Å². The molecule has 0 saturated carbocycles. The molecule has 4 rings (SSSR count). The van der Waals surface area contributed by atoms with Gasteiger partial charge in [-0.1, -0.05) is 52.4 Å². The van der Waals surface area contributed by atoms with Crippen LogP contribution in [-0.2, 0) is 32.7 Å². The van der Waals surface area contributed by atoms with E-state index in [0.29, 0.717) is 27.9 Å². The fourth-order valence-electron chi connectivity index (χ4n) is 6.82. The fourth-order valence-corrected chi connectivity index (χ4v) is 7.80. The normalized spacial score (nSPS) is 14.3. The molecule has 1 aliphatic rings. The van der Waals surface area contributed by atoms with Crippen LogP contribution in [-0.4, -0.2) is 71.3 Å². The molecule has 0 aliphatic carbocycles. The van der Waals surface area contributed by atoms with E-state index in [0.717, 1.165) is 57.3 Å². The van der Waals surface area contributed by atoms with Crippen LogP contribution in [0.1, 0.15) is 96.6 Å². The molecular weight excluding hydrogens is 718 g/mol. The molecule has 0 amide bonds. The maximum atomic E-state index is 13.8. The van der Waals surface area contributed by atoms with E-state index in [1.165, 1.54) is 41.7 Å². The summed E-state index contributed by atoms with van der Waals surface area (Å²) in [6, 6.07) is 9.76. The van der Waals surface area contributed by atoms with E-state index >= 15 is 0 Å². The van der Waals surface area contributed by atoms with Gasteiger partial charge in [-0.15, -0.1) is 0 Å². The number of benzene rings is 2. The zero-order valence-corrected chi connectivity index (χ0v) is 35.5. The first-order valence-corrected chi connectivity index (χ1v) is 20.5. The Hall–Kier alpha value is -1.88. The van der Waals surface area contributed by atoms with Gasteiger partial charge in [-0.2, -0.15) is 4.58 Å². The van der Waals surface area contributed by atoms with Gasteiger partial charge in [0.05, 0.1) is 31.5 Å². The Morgan fingerprint density at radius 1 is 0.882 bits per heavy atom.